The van der Waals surface area contributed by atoms with Crippen LogP contribution in [0, 0.1) is 20.8 Å². The van der Waals surface area contributed by atoms with Crippen LogP contribution in [0.3, 0.4) is 0 Å². The minimum absolute atomic E-state index is 0.863. The minimum atomic E-state index is 0.863. The summed E-state index contributed by atoms with van der Waals surface area (Å²) in [5, 5.41) is 8.20. The van der Waals surface area contributed by atoms with Gasteiger partial charge in [0.2, 0.25) is 0 Å². The standard InChI is InChI=1S/C18H27N3/c1-5-11-19-12-10-18-15(3)20-21(16(18)4)13-17-9-7-6-8-14(17)2/h6-9,19H,5,10-13H2,1-4H3. The van der Waals surface area contributed by atoms with Gasteiger partial charge in [0.05, 0.1) is 12.2 Å². The lowest BCUT2D eigenvalue weighted by Crippen LogP contribution is -2.18. The first-order valence-corrected chi connectivity index (χ1v) is 7.91. The Kier molecular flexibility index (Phi) is 5.57. The molecule has 0 spiro atoms. The molecule has 0 saturated carbocycles. The molecule has 0 unspecified atom stereocenters. The summed E-state index contributed by atoms with van der Waals surface area (Å²) < 4.78 is 2.15. The van der Waals surface area contributed by atoms with E-state index < -0.39 is 0 Å². The van der Waals surface area contributed by atoms with Gasteiger partial charge in [-0.25, -0.2) is 0 Å². The highest BCUT2D eigenvalue weighted by molar-refractivity contribution is 5.29. The highest BCUT2D eigenvalue weighted by Gasteiger charge is 2.11. The predicted octanol–water partition coefficient (Wildman–Crippen LogP) is 3.40. The highest BCUT2D eigenvalue weighted by atomic mass is 15.3. The molecule has 0 aliphatic rings. The van der Waals surface area contributed by atoms with Crippen LogP contribution in [0.25, 0.3) is 0 Å². The molecule has 0 aliphatic heterocycles. The van der Waals surface area contributed by atoms with Gasteiger partial charge >= 0.3 is 0 Å². The average Bonchev–Trinajstić information content (AvgIpc) is 2.73. The zero-order valence-electron chi connectivity index (χ0n) is 13.7. The van der Waals surface area contributed by atoms with Crippen molar-refractivity contribution in [2.75, 3.05) is 13.1 Å². The Balaban J connectivity index is 2.10. The number of nitrogens with one attached hydrogen (secondary N) is 1. The Hall–Kier alpha value is -1.61. The van der Waals surface area contributed by atoms with E-state index in [1.54, 1.807) is 0 Å². The largest absolute Gasteiger partial charge is 0.316 e. The van der Waals surface area contributed by atoms with Gasteiger partial charge in [0.15, 0.2) is 0 Å². The van der Waals surface area contributed by atoms with Crippen molar-refractivity contribution >= 4 is 0 Å². The van der Waals surface area contributed by atoms with E-state index in [1.807, 2.05) is 0 Å². The van der Waals surface area contributed by atoms with Crippen LogP contribution in [0.2, 0.25) is 0 Å². The Morgan fingerprint density at radius 2 is 1.86 bits per heavy atom. The summed E-state index contributed by atoms with van der Waals surface area (Å²) in [5.41, 5.74) is 6.54. The molecule has 0 radical (unpaired) electrons. The topological polar surface area (TPSA) is 29.9 Å². The third-order valence-corrected chi connectivity index (χ3v) is 4.09. The molecule has 0 saturated heterocycles. The quantitative estimate of drug-likeness (QED) is 0.790. The van der Waals surface area contributed by atoms with Crippen LogP contribution < -0.4 is 5.32 Å². The Morgan fingerprint density at radius 1 is 1.10 bits per heavy atom. The van der Waals surface area contributed by atoms with Gasteiger partial charge in [0, 0.05) is 5.69 Å². The molecule has 2 rings (SSSR count). The van der Waals surface area contributed by atoms with Gasteiger partial charge in [-0.2, -0.15) is 5.10 Å². The lowest BCUT2D eigenvalue weighted by Gasteiger charge is -2.08. The molecular formula is C18H27N3. The zero-order valence-corrected chi connectivity index (χ0v) is 13.7. The predicted molar refractivity (Wildman–Crippen MR) is 88.8 cm³/mol. The normalized spacial score (nSPS) is 11.0. The van der Waals surface area contributed by atoms with E-state index in [0.29, 0.717) is 0 Å². The summed E-state index contributed by atoms with van der Waals surface area (Å²) in [6.45, 7) is 11.7. The molecule has 1 aromatic carbocycles. The van der Waals surface area contributed by atoms with Crippen LogP contribution in [-0.2, 0) is 13.0 Å². The molecule has 1 aromatic heterocycles. The van der Waals surface area contributed by atoms with E-state index in [2.05, 4.69) is 62.0 Å². The number of rotatable bonds is 7. The van der Waals surface area contributed by atoms with Crippen LogP contribution in [0.5, 0.6) is 0 Å². The summed E-state index contributed by atoms with van der Waals surface area (Å²) in [6.07, 6.45) is 2.25. The SMILES string of the molecule is CCCNCCc1c(C)nn(Cc2ccccc2C)c1C. The van der Waals surface area contributed by atoms with Crippen molar-refractivity contribution in [2.45, 2.75) is 47.1 Å². The minimum Gasteiger partial charge on any atom is -0.316 e. The summed E-state index contributed by atoms with van der Waals surface area (Å²) in [4.78, 5) is 0. The van der Waals surface area contributed by atoms with E-state index in [0.717, 1.165) is 26.1 Å². The van der Waals surface area contributed by atoms with Gasteiger partial charge in [-0.3, -0.25) is 4.68 Å². The number of hydrogen-bond acceptors (Lipinski definition) is 2. The first-order chi connectivity index (χ1) is 10.1. The summed E-state index contributed by atoms with van der Waals surface area (Å²) in [7, 11) is 0. The number of hydrogen-bond donors (Lipinski definition) is 1. The van der Waals surface area contributed by atoms with Crippen molar-refractivity contribution in [1.29, 1.82) is 0 Å². The van der Waals surface area contributed by atoms with Gasteiger partial charge in [-0.15, -0.1) is 0 Å². The summed E-state index contributed by atoms with van der Waals surface area (Å²) in [5.74, 6) is 0. The number of aryl methyl sites for hydroxylation is 2. The Morgan fingerprint density at radius 3 is 2.57 bits per heavy atom. The molecule has 114 valence electrons. The molecule has 3 heteroatoms. The first-order valence-electron chi connectivity index (χ1n) is 7.91. The lowest BCUT2D eigenvalue weighted by atomic mass is 10.1. The van der Waals surface area contributed by atoms with Crippen LogP contribution in [0.4, 0.5) is 0 Å². The number of benzene rings is 1. The number of nitrogens with zero attached hydrogens (tertiary/aromatic N) is 2. The summed E-state index contributed by atoms with van der Waals surface area (Å²) >= 11 is 0. The molecule has 0 atom stereocenters. The molecule has 2 aromatic rings. The molecular weight excluding hydrogens is 258 g/mol. The second-order valence-corrected chi connectivity index (χ2v) is 5.73. The van der Waals surface area contributed by atoms with Crippen LogP contribution in [0.1, 0.15) is 41.4 Å². The fourth-order valence-corrected chi connectivity index (χ4v) is 2.71. The van der Waals surface area contributed by atoms with Crippen molar-refractivity contribution in [2.24, 2.45) is 0 Å². The molecule has 3 nitrogen and oxygen atoms in total. The van der Waals surface area contributed by atoms with Crippen LogP contribution >= 0.6 is 0 Å². The van der Waals surface area contributed by atoms with Crippen molar-refractivity contribution in [3.63, 3.8) is 0 Å². The molecule has 21 heavy (non-hydrogen) atoms. The third kappa shape index (κ3) is 3.94. The fourth-order valence-electron chi connectivity index (χ4n) is 2.71. The average molecular weight is 285 g/mol. The Bertz CT molecular complexity index is 584. The van der Waals surface area contributed by atoms with E-state index in [-0.39, 0.29) is 0 Å². The van der Waals surface area contributed by atoms with Gasteiger partial charge in [-0.05, 0) is 63.4 Å². The Labute approximate surface area is 128 Å². The first kappa shape index (κ1) is 15.8. The van der Waals surface area contributed by atoms with Crippen molar-refractivity contribution in [3.8, 4) is 0 Å². The van der Waals surface area contributed by atoms with Gasteiger partial charge in [0.25, 0.3) is 0 Å². The van der Waals surface area contributed by atoms with Gasteiger partial charge < -0.3 is 5.32 Å². The van der Waals surface area contributed by atoms with E-state index in [1.165, 1.54) is 34.5 Å². The van der Waals surface area contributed by atoms with Crippen LogP contribution in [0.15, 0.2) is 24.3 Å². The molecule has 1 heterocycles. The third-order valence-electron chi connectivity index (χ3n) is 4.09. The summed E-state index contributed by atoms with van der Waals surface area (Å²) in [6, 6.07) is 8.54. The van der Waals surface area contributed by atoms with Crippen molar-refractivity contribution in [3.05, 3.63) is 52.3 Å². The van der Waals surface area contributed by atoms with Crippen molar-refractivity contribution < 1.29 is 0 Å². The van der Waals surface area contributed by atoms with E-state index >= 15 is 0 Å². The van der Waals surface area contributed by atoms with E-state index in [9.17, 15) is 0 Å². The number of aromatic nitrogens is 2. The second-order valence-electron chi connectivity index (χ2n) is 5.73. The maximum absolute atomic E-state index is 4.73. The molecule has 0 amide bonds. The van der Waals surface area contributed by atoms with Crippen LogP contribution in [-0.4, -0.2) is 22.9 Å². The molecule has 0 aliphatic carbocycles. The molecule has 1 N–H and O–H groups in total. The van der Waals surface area contributed by atoms with E-state index in [4.69, 9.17) is 5.10 Å². The fraction of sp³-hybridized carbons (Fsp3) is 0.500. The molecule has 0 fully saturated rings. The molecule has 0 bridgehead atoms. The maximum Gasteiger partial charge on any atom is 0.0665 e. The highest BCUT2D eigenvalue weighted by Crippen LogP contribution is 2.16. The second kappa shape index (κ2) is 7.41. The monoisotopic (exact) mass is 285 g/mol. The van der Waals surface area contributed by atoms with Gasteiger partial charge in [0.1, 0.15) is 0 Å². The van der Waals surface area contributed by atoms with Crippen molar-refractivity contribution in [1.82, 2.24) is 15.1 Å². The zero-order chi connectivity index (χ0) is 15.2. The smallest absolute Gasteiger partial charge is 0.0665 e. The maximum atomic E-state index is 4.73. The lowest BCUT2D eigenvalue weighted by molar-refractivity contribution is 0.651. The van der Waals surface area contributed by atoms with Gasteiger partial charge in [-0.1, -0.05) is 31.2 Å².